The van der Waals surface area contributed by atoms with Gasteiger partial charge in [-0.3, -0.25) is 4.79 Å². The van der Waals surface area contributed by atoms with Gasteiger partial charge in [0.05, 0.1) is 43.4 Å². The number of aromatic amines is 1. The standard InChI is InChI=1S/C33H35N11O7S2/c1-50-21-10-6-19(7-11-21)16-37-53(48,49)30-27(52(46,47)38-17-25(34)31(35)45)15-14-23(24-4-3-5-26-29(24)40-33(36)39-26)28(30)32-41-43-44(42-32)18-20-8-12-22(51-2)13-9-20/h3-15,25,37-38H,16-18,34H2,1-2H3,(H2,35,45)(H3,36,39,40)/t25-/m1/s1. The summed E-state index contributed by atoms with van der Waals surface area (Å²) in [6, 6.07) is 19.9. The summed E-state index contributed by atoms with van der Waals surface area (Å²) in [5, 5.41) is 12.9. The molecule has 2 heterocycles. The van der Waals surface area contributed by atoms with Gasteiger partial charge in [0.2, 0.25) is 31.8 Å². The number of imidazole rings is 1. The highest BCUT2D eigenvalue weighted by Crippen LogP contribution is 2.41. The van der Waals surface area contributed by atoms with Gasteiger partial charge in [0.15, 0.2) is 5.95 Å². The number of carbonyl (C=O) groups excluding carboxylic acids is 1. The normalized spacial score (nSPS) is 12.5. The predicted octanol–water partition coefficient (Wildman–Crippen LogP) is 1.10. The maximum absolute atomic E-state index is 14.6. The molecule has 6 aromatic rings. The first-order chi connectivity index (χ1) is 25.3. The van der Waals surface area contributed by atoms with Crippen LogP contribution < -0.4 is 36.1 Å². The Kier molecular flexibility index (Phi) is 10.4. The maximum atomic E-state index is 14.6. The van der Waals surface area contributed by atoms with Crippen LogP contribution in [0.5, 0.6) is 11.5 Å². The Morgan fingerprint density at radius 2 is 1.53 bits per heavy atom. The molecule has 2 aromatic heterocycles. The molecule has 18 nitrogen and oxygen atoms in total. The van der Waals surface area contributed by atoms with Crippen LogP contribution in [-0.4, -0.2) is 79.7 Å². The minimum atomic E-state index is -4.76. The zero-order valence-electron chi connectivity index (χ0n) is 28.3. The number of nitrogen functional groups attached to an aromatic ring is 1. The Hall–Kier alpha value is -5.93. The Morgan fingerprint density at radius 3 is 2.17 bits per heavy atom. The van der Waals surface area contributed by atoms with E-state index in [1.54, 1.807) is 73.8 Å². The highest BCUT2D eigenvalue weighted by Gasteiger charge is 2.35. The van der Waals surface area contributed by atoms with Crippen molar-refractivity contribution in [3.63, 3.8) is 0 Å². The van der Waals surface area contributed by atoms with E-state index in [0.29, 0.717) is 33.7 Å². The van der Waals surface area contributed by atoms with Crippen LogP contribution in [0, 0.1) is 0 Å². The zero-order valence-corrected chi connectivity index (χ0v) is 30.0. The molecule has 4 aromatic carbocycles. The van der Waals surface area contributed by atoms with E-state index in [1.807, 2.05) is 0 Å². The number of aromatic nitrogens is 6. The maximum Gasteiger partial charge on any atom is 0.242 e. The average molecular weight is 762 g/mol. The number of nitrogens with two attached hydrogens (primary N) is 3. The fourth-order valence-corrected chi connectivity index (χ4v) is 8.54. The Balaban J connectivity index is 1.57. The van der Waals surface area contributed by atoms with Crippen molar-refractivity contribution in [2.75, 3.05) is 26.5 Å². The van der Waals surface area contributed by atoms with Crippen LogP contribution in [0.15, 0.2) is 88.7 Å². The number of methoxy groups -OCH3 is 2. The van der Waals surface area contributed by atoms with Crippen molar-refractivity contribution in [1.82, 2.24) is 39.6 Å². The monoisotopic (exact) mass is 761 g/mol. The molecule has 0 aliphatic rings. The molecule has 0 saturated carbocycles. The lowest BCUT2D eigenvalue weighted by Crippen LogP contribution is -2.46. The van der Waals surface area contributed by atoms with Crippen molar-refractivity contribution in [2.45, 2.75) is 28.9 Å². The van der Waals surface area contributed by atoms with Crippen molar-refractivity contribution in [1.29, 1.82) is 0 Å². The van der Waals surface area contributed by atoms with E-state index in [0.717, 1.165) is 11.6 Å². The molecule has 0 bridgehead atoms. The van der Waals surface area contributed by atoms with Gasteiger partial charge in [0.1, 0.15) is 21.3 Å². The minimum absolute atomic E-state index is 0.0979. The highest BCUT2D eigenvalue weighted by molar-refractivity contribution is 7.92. The lowest BCUT2D eigenvalue weighted by atomic mass is 9.98. The lowest BCUT2D eigenvalue weighted by molar-refractivity contribution is -0.119. The van der Waals surface area contributed by atoms with Crippen LogP contribution in [0.4, 0.5) is 5.95 Å². The summed E-state index contributed by atoms with van der Waals surface area (Å²) in [7, 11) is -6.44. The van der Waals surface area contributed by atoms with E-state index in [4.69, 9.17) is 26.7 Å². The third-order valence-electron chi connectivity index (χ3n) is 8.14. The average Bonchev–Trinajstić information content (AvgIpc) is 3.78. The summed E-state index contributed by atoms with van der Waals surface area (Å²) < 4.78 is 72.3. The SMILES string of the molecule is COc1ccc(CNS(=O)(=O)c2c(S(=O)(=O)NC[C@@H](N)C(N)=O)ccc(-c3cccc4[nH]c(N)nc34)c2-c2nnn(Cc3ccc(OC)cc3)n2)cc1. The molecule has 1 atom stereocenters. The molecule has 20 heteroatoms. The van der Waals surface area contributed by atoms with Gasteiger partial charge in [-0.25, -0.2) is 31.3 Å². The second kappa shape index (κ2) is 15.0. The van der Waals surface area contributed by atoms with Gasteiger partial charge >= 0.3 is 0 Å². The number of benzene rings is 4. The number of carbonyl (C=O) groups is 1. The van der Waals surface area contributed by atoms with E-state index < -0.39 is 48.3 Å². The number of sulfonamides is 2. The first kappa shape index (κ1) is 36.8. The summed E-state index contributed by atoms with van der Waals surface area (Å²) in [6.07, 6.45) is 0. The van der Waals surface area contributed by atoms with E-state index >= 15 is 0 Å². The summed E-state index contributed by atoms with van der Waals surface area (Å²) >= 11 is 0. The van der Waals surface area contributed by atoms with Gasteiger partial charge in [-0.1, -0.05) is 42.5 Å². The molecule has 53 heavy (non-hydrogen) atoms. The van der Waals surface area contributed by atoms with E-state index in [-0.39, 0.29) is 36.0 Å². The number of para-hydroxylation sites is 1. The van der Waals surface area contributed by atoms with Gasteiger partial charge in [-0.05, 0) is 58.3 Å². The topological polar surface area (TPSA) is 278 Å². The third-order valence-corrected chi connectivity index (χ3v) is 11.2. The molecule has 0 radical (unpaired) electrons. The van der Waals surface area contributed by atoms with Gasteiger partial charge in [0, 0.05) is 18.7 Å². The van der Waals surface area contributed by atoms with Crippen LogP contribution in [0.3, 0.4) is 0 Å². The Morgan fingerprint density at radius 1 is 0.868 bits per heavy atom. The second-order valence-electron chi connectivity index (χ2n) is 11.7. The summed E-state index contributed by atoms with van der Waals surface area (Å²) in [4.78, 5) is 18.9. The number of hydrogen-bond donors (Lipinski definition) is 6. The number of nitrogens with one attached hydrogen (secondary N) is 3. The Labute approximate surface area is 303 Å². The molecule has 0 fully saturated rings. The number of anilines is 1. The smallest absolute Gasteiger partial charge is 0.242 e. The van der Waals surface area contributed by atoms with E-state index in [1.165, 1.54) is 18.0 Å². The van der Waals surface area contributed by atoms with Crippen molar-refractivity contribution in [2.24, 2.45) is 11.5 Å². The number of amides is 1. The van der Waals surface area contributed by atoms with Crippen molar-refractivity contribution in [3.05, 3.63) is 90.0 Å². The number of tetrazole rings is 1. The Bertz CT molecular complexity index is 2500. The summed E-state index contributed by atoms with van der Waals surface area (Å²) in [6.45, 7) is -0.728. The molecule has 0 aliphatic heterocycles. The molecule has 0 saturated heterocycles. The molecular formula is C33H35N11O7S2. The second-order valence-corrected chi connectivity index (χ2v) is 15.1. The molecule has 276 valence electrons. The predicted molar refractivity (Wildman–Crippen MR) is 194 cm³/mol. The highest BCUT2D eigenvalue weighted by atomic mass is 32.2. The molecule has 9 N–H and O–H groups in total. The molecule has 1 amide bonds. The number of primary amides is 1. The van der Waals surface area contributed by atoms with Gasteiger partial charge in [-0.15, -0.1) is 10.2 Å². The lowest BCUT2D eigenvalue weighted by Gasteiger charge is -2.19. The van der Waals surface area contributed by atoms with Crippen LogP contribution in [0.25, 0.3) is 33.5 Å². The fourth-order valence-electron chi connectivity index (χ4n) is 5.43. The zero-order chi connectivity index (χ0) is 37.9. The molecule has 0 aliphatic carbocycles. The van der Waals surface area contributed by atoms with Crippen molar-refractivity contribution >= 4 is 42.9 Å². The van der Waals surface area contributed by atoms with Crippen LogP contribution in [-0.2, 0) is 37.9 Å². The van der Waals surface area contributed by atoms with Gasteiger partial charge < -0.3 is 31.7 Å². The number of H-pyrrole nitrogens is 1. The fraction of sp³-hybridized carbons (Fsp3) is 0.182. The van der Waals surface area contributed by atoms with Crippen LogP contribution >= 0.6 is 0 Å². The van der Waals surface area contributed by atoms with E-state index in [9.17, 15) is 21.6 Å². The quantitative estimate of drug-likeness (QED) is 0.0856. The van der Waals surface area contributed by atoms with Crippen molar-refractivity contribution < 1.29 is 31.1 Å². The van der Waals surface area contributed by atoms with Crippen LogP contribution in [0.2, 0.25) is 0 Å². The van der Waals surface area contributed by atoms with Gasteiger partial charge in [0.25, 0.3) is 0 Å². The first-order valence-electron chi connectivity index (χ1n) is 15.8. The number of nitrogens with zero attached hydrogens (tertiary/aromatic N) is 5. The molecular weight excluding hydrogens is 727 g/mol. The largest absolute Gasteiger partial charge is 0.497 e. The summed E-state index contributed by atoms with van der Waals surface area (Å²) in [5.74, 6) is 0.101. The number of fused-ring (bicyclic) bond motifs is 1. The van der Waals surface area contributed by atoms with Crippen molar-refractivity contribution in [3.8, 4) is 34.0 Å². The summed E-state index contributed by atoms with van der Waals surface area (Å²) in [5.41, 5.74) is 19.6. The third kappa shape index (κ3) is 7.95. The number of rotatable bonds is 15. The van der Waals surface area contributed by atoms with Gasteiger partial charge in [-0.2, -0.15) is 4.80 Å². The van der Waals surface area contributed by atoms with Crippen LogP contribution in [0.1, 0.15) is 11.1 Å². The number of hydrogen-bond acceptors (Lipinski definition) is 13. The molecule has 6 rings (SSSR count). The first-order valence-corrected chi connectivity index (χ1v) is 18.8. The molecule has 0 unspecified atom stereocenters. The molecule has 0 spiro atoms. The minimum Gasteiger partial charge on any atom is -0.497 e. The van der Waals surface area contributed by atoms with E-state index in [2.05, 4.69) is 34.8 Å². The number of ether oxygens (including phenoxy) is 2.